The van der Waals surface area contributed by atoms with Gasteiger partial charge in [-0.15, -0.1) is 0 Å². The third kappa shape index (κ3) is 5.20. The van der Waals surface area contributed by atoms with Crippen LogP contribution in [-0.4, -0.2) is 63.2 Å². The Bertz CT molecular complexity index is 902. The second kappa shape index (κ2) is 10.4. The Balaban J connectivity index is 1.79. The van der Waals surface area contributed by atoms with E-state index in [1.165, 1.54) is 0 Å². The SMILES string of the molecule is OCCC#Cc1ccc(Cc2cc([C@@H]3O[C@H](CO)[C@@H](O)C(O)[C@H]3O)ccc2Cl)cc1. The molecule has 0 spiro atoms. The van der Waals surface area contributed by atoms with Crippen molar-refractivity contribution in [1.82, 2.24) is 0 Å². The summed E-state index contributed by atoms with van der Waals surface area (Å²) in [6.45, 7) is -0.441. The Morgan fingerprint density at radius 3 is 2.33 bits per heavy atom. The molecular weight excluding hydrogens is 408 g/mol. The summed E-state index contributed by atoms with van der Waals surface area (Å²) >= 11 is 6.37. The van der Waals surface area contributed by atoms with Crippen molar-refractivity contribution in [2.75, 3.05) is 13.2 Å². The highest BCUT2D eigenvalue weighted by molar-refractivity contribution is 6.31. The molecule has 1 fully saturated rings. The summed E-state index contributed by atoms with van der Waals surface area (Å²) < 4.78 is 5.64. The first kappa shape index (κ1) is 22.7. The van der Waals surface area contributed by atoms with Crippen LogP contribution >= 0.6 is 11.6 Å². The van der Waals surface area contributed by atoms with E-state index in [-0.39, 0.29) is 6.61 Å². The molecule has 2 aromatic rings. The zero-order valence-electron chi connectivity index (χ0n) is 16.3. The maximum Gasteiger partial charge on any atom is 0.113 e. The van der Waals surface area contributed by atoms with Gasteiger partial charge >= 0.3 is 0 Å². The van der Waals surface area contributed by atoms with E-state index in [1.807, 2.05) is 24.3 Å². The van der Waals surface area contributed by atoms with Crippen LogP contribution < -0.4 is 0 Å². The van der Waals surface area contributed by atoms with Gasteiger partial charge in [-0.2, -0.15) is 0 Å². The average molecular weight is 433 g/mol. The molecule has 0 saturated carbocycles. The maximum absolute atomic E-state index is 10.4. The third-order valence-electron chi connectivity index (χ3n) is 5.11. The fourth-order valence-corrected chi connectivity index (χ4v) is 3.61. The van der Waals surface area contributed by atoms with Crippen molar-refractivity contribution in [2.24, 2.45) is 0 Å². The predicted molar refractivity (Wildman–Crippen MR) is 112 cm³/mol. The van der Waals surface area contributed by atoms with Gasteiger partial charge in [-0.1, -0.05) is 47.7 Å². The monoisotopic (exact) mass is 432 g/mol. The third-order valence-corrected chi connectivity index (χ3v) is 5.48. The second-order valence-corrected chi connectivity index (χ2v) is 7.66. The number of halogens is 1. The topological polar surface area (TPSA) is 110 Å². The van der Waals surface area contributed by atoms with Crippen LogP contribution in [0.5, 0.6) is 0 Å². The van der Waals surface area contributed by atoms with Crippen LogP contribution in [-0.2, 0) is 11.2 Å². The summed E-state index contributed by atoms with van der Waals surface area (Å²) in [5.74, 6) is 5.86. The smallest absolute Gasteiger partial charge is 0.113 e. The number of rotatable bonds is 5. The lowest BCUT2D eigenvalue weighted by molar-refractivity contribution is -0.231. The number of hydrogen-bond acceptors (Lipinski definition) is 6. The largest absolute Gasteiger partial charge is 0.395 e. The minimum Gasteiger partial charge on any atom is -0.395 e. The second-order valence-electron chi connectivity index (χ2n) is 7.25. The van der Waals surface area contributed by atoms with Gasteiger partial charge in [0.25, 0.3) is 0 Å². The molecule has 7 heteroatoms. The van der Waals surface area contributed by atoms with Crippen molar-refractivity contribution in [3.63, 3.8) is 0 Å². The van der Waals surface area contributed by atoms with Crippen LogP contribution in [0.2, 0.25) is 5.02 Å². The Morgan fingerprint density at radius 2 is 1.67 bits per heavy atom. The van der Waals surface area contributed by atoms with Crippen LogP contribution in [0, 0.1) is 11.8 Å². The van der Waals surface area contributed by atoms with Crippen molar-refractivity contribution >= 4 is 11.6 Å². The van der Waals surface area contributed by atoms with E-state index in [4.69, 9.17) is 21.4 Å². The van der Waals surface area contributed by atoms with Gasteiger partial charge < -0.3 is 30.3 Å². The molecule has 3 rings (SSSR count). The fourth-order valence-electron chi connectivity index (χ4n) is 3.43. The highest BCUT2D eigenvalue weighted by Crippen LogP contribution is 2.34. The molecule has 2 aromatic carbocycles. The molecule has 0 aliphatic carbocycles. The summed E-state index contributed by atoms with van der Waals surface area (Å²) in [6, 6.07) is 12.9. The molecule has 1 heterocycles. The molecule has 6 nitrogen and oxygen atoms in total. The van der Waals surface area contributed by atoms with Crippen molar-refractivity contribution in [1.29, 1.82) is 0 Å². The number of hydrogen-bond donors (Lipinski definition) is 5. The lowest BCUT2D eigenvalue weighted by Gasteiger charge is -2.40. The minimum atomic E-state index is -1.43. The van der Waals surface area contributed by atoms with Crippen LogP contribution in [0.4, 0.5) is 0 Å². The van der Waals surface area contributed by atoms with E-state index in [1.54, 1.807) is 18.2 Å². The zero-order chi connectivity index (χ0) is 21.7. The van der Waals surface area contributed by atoms with Gasteiger partial charge in [-0.3, -0.25) is 0 Å². The molecule has 5 atom stereocenters. The molecule has 0 bridgehead atoms. The van der Waals surface area contributed by atoms with Crippen LogP contribution in [0.3, 0.4) is 0 Å². The van der Waals surface area contributed by atoms with E-state index in [9.17, 15) is 20.4 Å². The lowest BCUT2D eigenvalue weighted by atomic mass is 9.90. The average Bonchev–Trinajstić information content (AvgIpc) is 2.75. The van der Waals surface area contributed by atoms with Crippen LogP contribution in [0.15, 0.2) is 42.5 Å². The van der Waals surface area contributed by atoms with Crippen LogP contribution in [0.25, 0.3) is 0 Å². The van der Waals surface area contributed by atoms with Gasteiger partial charge in [0.1, 0.15) is 30.5 Å². The summed E-state index contributed by atoms with van der Waals surface area (Å²) in [7, 11) is 0. The molecule has 5 N–H and O–H groups in total. The molecule has 1 unspecified atom stereocenters. The van der Waals surface area contributed by atoms with E-state index in [2.05, 4.69) is 11.8 Å². The molecule has 0 radical (unpaired) electrons. The van der Waals surface area contributed by atoms with E-state index in [0.29, 0.717) is 23.4 Å². The van der Waals surface area contributed by atoms with Crippen molar-refractivity contribution in [3.8, 4) is 11.8 Å². The van der Waals surface area contributed by atoms with Crippen molar-refractivity contribution in [3.05, 3.63) is 69.7 Å². The van der Waals surface area contributed by atoms with Gasteiger partial charge in [-0.05, 0) is 41.3 Å². The van der Waals surface area contributed by atoms with Gasteiger partial charge in [0.05, 0.1) is 13.2 Å². The van der Waals surface area contributed by atoms with Gasteiger partial charge in [0, 0.05) is 17.0 Å². The quantitative estimate of drug-likeness (QED) is 0.454. The molecule has 1 aliphatic heterocycles. The Morgan fingerprint density at radius 1 is 0.933 bits per heavy atom. The summed E-state index contributed by atoms with van der Waals surface area (Å²) in [5, 5.41) is 49.1. The van der Waals surface area contributed by atoms with Gasteiger partial charge in [-0.25, -0.2) is 0 Å². The molecule has 0 aromatic heterocycles. The predicted octanol–water partition coefficient (Wildman–Crippen LogP) is 1.18. The van der Waals surface area contributed by atoms with E-state index >= 15 is 0 Å². The first-order valence-corrected chi connectivity index (χ1v) is 10.1. The first-order valence-electron chi connectivity index (χ1n) is 9.72. The molecule has 0 amide bonds. The fraction of sp³-hybridized carbons (Fsp3) is 0.391. The number of ether oxygens (including phenoxy) is 1. The van der Waals surface area contributed by atoms with Gasteiger partial charge in [0.15, 0.2) is 0 Å². The van der Waals surface area contributed by atoms with Gasteiger partial charge in [0.2, 0.25) is 0 Å². The Hall–Kier alpha value is -1.95. The zero-order valence-corrected chi connectivity index (χ0v) is 17.0. The lowest BCUT2D eigenvalue weighted by Crippen LogP contribution is -2.55. The van der Waals surface area contributed by atoms with Crippen LogP contribution in [0.1, 0.15) is 34.8 Å². The highest BCUT2D eigenvalue weighted by Gasteiger charge is 2.43. The summed E-state index contributed by atoms with van der Waals surface area (Å²) in [6.07, 6.45) is -5.07. The summed E-state index contributed by atoms with van der Waals surface area (Å²) in [5.41, 5.74) is 3.27. The minimum absolute atomic E-state index is 0.0361. The highest BCUT2D eigenvalue weighted by atomic mass is 35.5. The molecule has 1 saturated heterocycles. The molecule has 160 valence electrons. The van der Waals surface area contributed by atoms with Crippen molar-refractivity contribution < 1.29 is 30.3 Å². The first-order chi connectivity index (χ1) is 14.4. The number of aliphatic hydroxyl groups is 5. The van der Waals surface area contributed by atoms with E-state index < -0.39 is 37.1 Å². The summed E-state index contributed by atoms with van der Waals surface area (Å²) in [4.78, 5) is 0. The maximum atomic E-state index is 10.4. The Labute approximate surface area is 180 Å². The molecular formula is C23H25ClO6. The normalized spacial score (nSPS) is 26.1. The van der Waals surface area contributed by atoms with Crippen molar-refractivity contribution in [2.45, 2.75) is 43.4 Å². The molecule has 30 heavy (non-hydrogen) atoms. The number of aliphatic hydroxyl groups excluding tert-OH is 5. The number of benzene rings is 2. The molecule has 1 aliphatic rings. The standard InChI is InChI=1S/C23H25ClO6/c24-18-9-8-16(23-22(29)21(28)20(27)19(13-26)30-23)12-17(18)11-15-6-4-14(5-7-15)3-1-2-10-25/h4-9,12,19-23,25-29H,2,10-11,13H2/t19-,20-,21?,22-,23+/m1/s1. The Kier molecular flexibility index (Phi) is 7.87. The van der Waals surface area contributed by atoms with E-state index in [0.717, 1.165) is 16.7 Å².